The molecule has 1 amide bonds. The van der Waals surface area contributed by atoms with Gasteiger partial charge in [0.05, 0.1) is 6.42 Å². The number of likely N-dealkylation sites (tertiary alicyclic amines) is 1. The Kier molecular flexibility index (Phi) is 6.00. The van der Waals surface area contributed by atoms with Gasteiger partial charge >= 0.3 is 0 Å². The molecule has 150 valence electrons. The smallest absolute Gasteiger partial charge is 0.227 e. The van der Waals surface area contributed by atoms with Gasteiger partial charge in [0.1, 0.15) is 5.82 Å². The Labute approximate surface area is 176 Å². The van der Waals surface area contributed by atoms with Gasteiger partial charge in [-0.15, -0.1) is 10.2 Å². The molecule has 5 nitrogen and oxygen atoms in total. The number of carbonyl (C=O) groups excluding carboxylic acids is 1. The fourth-order valence-electron chi connectivity index (χ4n) is 4.01. The Morgan fingerprint density at radius 3 is 2.48 bits per heavy atom. The fourth-order valence-corrected chi connectivity index (χ4v) is 4.50. The molecule has 4 rings (SSSR count). The third-order valence-corrected chi connectivity index (χ3v) is 6.33. The van der Waals surface area contributed by atoms with E-state index < -0.39 is 0 Å². The highest BCUT2D eigenvalue weighted by Gasteiger charge is 2.28. The summed E-state index contributed by atoms with van der Waals surface area (Å²) in [7, 11) is 2.01. The zero-order chi connectivity index (χ0) is 20.2. The first-order valence-electron chi connectivity index (χ1n) is 10.0. The maximum absolute atomic E-state index is 12.9. The first-order chi connectivity index (χ1) is 14.2. The summed E-state index contributed by atoms with van der Waals surface area (Å²) in [6.45, 7) is 1.55. The molecule has 1 unspecified atom stereocenters. The molecule has 2 aromatic carbocycles. The van der Waals surface area contributed by atoms with E-state index in [-0.39, 0.29) is 11.8 Å². The molecule has 1 aliphatic heterocycles. The SMILES string of the molecule is CSc1nnc(C2CCCN(C(=O)Cc3ccc(-c4ccccc4)cc3)C2)n1C. The van der Waals surface area contributed by atoms with E-state index in [1.165, 1.54) is 11.1 Å². The number of carbonyl (C=O) groups is 1. The average molecular weight is 407 g/mol. The van der Waals surface area contributed by atoms with Crippen LogP contribution in [-0.2, 0) is 18.3 Å². The minimum atomic E-state index is 0.189. The Hall–Kier alpha value is -2.60. The van der Waals surface area contributed by atoms with Gasteiger partial charge in [-0.05, 0) is 35.8 Å². The molecule has 0 radical (unpaired) electrons. The second-order valence-corrected chi connectivity index (χ2v) is 8.30. The predicted octanol–water partition coefficient (Wildman–Crippen LogP) is 4.15. The van der Waals surface area contributed by atoms with Gasteiger partial charge in [-0.3, -0.25) is 4.79 Å². The molecule has 1 aliphatic rings. The van der Waals surface area contributed by atoms with Crippen molar-refractivity contribution in [2.24, 2.45) is 7.05 Å². The monoisotopic (exact) mass is 406 g/mol. The lowest BCUT2D eigenvalue weighted by Gasteiger charge is -2.32. The molecule has 0 aliphatic carbocycles. The van der Waals surface area contributed by atoms with Crippen LogP contribution in [0.1, 0.15) is 30.1 Å². The number of benzene rings is 2. The lowest BCUT2D eigenvalue weighted by molar-refractivity contribution is -0.131. The third-order valence-electron chi connectivity index (χ3n) is 5.61. The summed E-state index contributed by atoms with van der Waals surface area (Å²) < 4.78 is 2.06. The first kappa shape index (κ1) is 19.7. The summed E-state index contributed by atoms with van der Waals surface area (Å²) in [6, 6.07) is 18.6. The first-order valence-corrected chi connectivity index (χ1v) is 11.2. The lowest BCUT2D eigenvalue weighted by atomic mass is 9.96. The van der Waals surface area contributed by atoms with Crippen LogP contribution >= 0.6 is 11.8 Å². The minimum Gasteiger partial charge on any atom is -0.342 e. The van der Waals surface area contributed by atoms with Crippen LogP contribution in [0.25, 0.3) is 11.1 Å². The molecule has 1 atom stereocenters. The standard InChI is InChI=1S/C23H26N4OS/c1-26-22(24-25-23(26)29-2)20-9-6-14-27(16-20)21(28)15-17-10-12-19(13-11-17)18-7-4-3-5-8-18/h3-5,7-8,10-13,20H,6,9,14-16H2,1-2H3. The van der Waals surface area contributed by atoms with Gasteiger partial charge in [-0.2, -0.15) is 0 Å². The maximum atomic E-state index is 12.9. The molecular weight excluding hydrogens is 380 g/mol. The van der Waals surface area contributed by atoms with Crippen molar-refractivity contribution >= 4 is 17.7 Å². The molecule has 29 heavy (non-hydrogen) atoms. The number of rotatable bonds is 5. The van der Waals surface area contributed by atoms with E-state index in [2.05, 4.69) is 51.2 Å². The average Bonchev–Trinajstić information content (AvgIpc) is 3.15. The van der Waals surface area contributed by atoms with E-state index in [1.54, 1.807) is 11.8 Å². The van der Waals surface area contributed by atoms with Crippen LogP contribution in [0.5, 0.6) is 0 Å². The van der Waals surface area contributed by atoms with Gasteiger partial charge < -0.3 is 9.47 Å². The number of amides is 1. The van der Waals surface area contributed by atoms with Crippen molar-refractivity contribution in [3.05, 3.63) is 66.0 Å². The molecule has 2 heterocycles. The lowest BCUT2D eigenvalue weighted by Crippen LogP contribution is -2.40. The second kappa shape index (κ2) is 8.82. The molecule has 0 spiro atoms. The summed E-state index contributed by atoms with van der Waals surface area (Å²) in [5.74, 6) is 1.43. The van der Waals surface area contributed by atoms with E-state index in [0.717, 1.165) is 42.5 Å². The van der Waals surface area contributed by atoms with Crippen molar-refractivity contribution in [1.29, 1.82) is 0 Å². The van der Waals surface area contributed by atoms with Gasteiger partial charge in [0, 0.05) is 26.1 Å². The fraction of sp³-hybridized carbons (Fsp3) is 0.348. The van der Waals surface area contributed by atoms with Crippen LogP contribution in [0, 0.1) is 0 Å². The van der Waals surface area contributed by atoms with Crippen LogP contribution in [0.3, 0.4) is 0 Å². The molecule has 0 saturated carbocycles. The summed E-state index contributed by atoms with van der Waals surface area (Å²) >= 11 is 1.60. The highest BCUT2D eigenvalue weighted by Crippen LogP contribution is 2.28. The summed E-state index contributed by atoms with van der Waals surface area (Å²) in [6.07, 6.45) is 4.50. The molecule has 1 aromatic heterocycles. The van der Waals surface area contributed by atoms with Crippen molar-refractivity contribution in [3.63, 3.8) is 0 Å². The summed E-state index contributed by atoms with van der Waals surface area (Å²) in [5.41, 5.74) is 3.42. The summed E-state index contributed by atoms with van der Waals surface area (Å²) in [5, 5.41) is 9.55. The Morgan fingerprint density at radius 2 is 1.79 bits per heavy atom. The van der Waals surface area contributed by atoms with Crippen LogP contribution < -0.4 is 0 Å². The molecule has 3 aromatic rings. The summed E-state index contributed by atoms with van der Waals surface area (Å²) in [4.78, 5) is 14.9. The number of nitrogens with zero attached hydrogens (tertiary/aromatic N) is 4. The van der Waals surface area contributed by atoms with Crippen molar-refractivity contribution < 1.29 is 4.79 Å². The molecule has 6 heteroatoms. The molecule has 0 bridgehead atoms. The molecule has 1 fully saturated rings. The largest absolute Gasteiger partial charge is 0.342 e. The minimum absolute atomic E-state index is 0.189. The highest BCUT2D eigenvalue weighted by molar-refractivity contribution is 7.98. The number of aromatic nitrogens is 3. The number of piperidine rings is 1. The maximum Gasteiger partial charge on any atom is 0.227 e. The van der Waals surface area contributed by atoms with Gasteiger partial charge in [0.15, 0.2) is 5.16 Å². The van der Waals surface area contributed by atoms with E-state index >= 15 is 0 Å². The quantitative estimate of drug-likeness (QED) is 0.597. The highest BCUT2D eigenvalue weighted by atomic mass is 32.2. The second-order valence-electron chi connectivity index (χ2n) is 7.52. The topological polar surface area (TPSA) is 51.0 Å². The molecule has 1 saturated heterocycles. The van der Waals surface area contributed by atoms with E-state index in [0.29, 0.717) is 6.42 Å². The van der Waals surface area contributed by atoms with Crippen LogP contribution in [0.4, 0.5) is 0 Å². The third kappa shape index (κ3) is 4.37. The van der Waals surface area contributed by atoms with Gasteiger partial charge in [-0.25, -0.2) is 0 Å². The van der Waals surface area contributed by atoms with E-state index in [9.17, 15) is 4.79 Å². The van der Waals surface area contributed by atoms with Gasteiger partial charge in [-0.1, -0.05) is 66.4 Å². The Balaban J connectivity index is 1.41. The van der Waals surface area contributed by atoms with Crippen molar-refractivity contribution in [2.75, 3.05) is 19.3 Å². The number of thioether (sulfide) groups is 1. The predicted molar refractivity (Wildman–Crippen MR) is 117 cm³/mol. The van der Waals surface area contributed by atoms with Crippen molar-refractivity contribution in [3.8, 4) is 11.1 Å². The molecular formula is C23H26N4OS. The van der Waals surface area contributed by atoms with Crippen LogP contribution in [0.2, 0.25) is 0 Å². The number of hydrogen-bond acceptors (Lipinski definition) is 4. The Morgan fingerprint density at radius 1 is 1.07 bits per heavy atom. The van der Waals surface area contributed by atoms with E-state index in [4.69, 9.17) is 0 Å². The van der Waals surface area contributed by atoms with Crippen molar-refractivity contribution in [1.82, 2.24) is 19.7 Å². The van der Waals surface area contributed by atoms with Gasteiger partial charge in [0.2, 0.25) is 5.91 Å². The molecule has 0 N–H and O–H groups in total. The van der Waals surface area contributed by atoms with Gasteiger partial charge in [0.25, 0.3) is 0 Å². The zero-order valence-electron chi connectivity index (χ0n) is 16.9. The van der Waals surface area contributed by atoms with Crippen molar-refractivity contribution in [2.45, 2.75) is 30.3 Å². The van der Waals surface area contributed by atoms with E-state index in [1.807, 2.05) is 36.4 Å². The van der Waals surface area contributed by atoms with Crippen LogP contribution in [-0.4, -0.2) is 44.9 Å². The normalized spacial score (nSPS) is 16.8. The number of hydrogen-bond donors (Lipinski definition) is 0. The zero-order valence-corrected chi connectivity index (χ0v) is 17.7. The van der Waals surface area contributed by atoms with Crippen LogP contribution in [0.15, 0.2) is 59.8 Å². The Bertz CT molecular complexity index is 968.